The van der Waals surface area contributed by atoms with Crippen LogP contribution in [-0.2, 0) is 27.4 Å². The third-order valence-electron chi connectivity index (χ3n) is 4.55. The molecule has 1 saturated heterocycles. The van der Waals surface area contributed by atoms with E-state index in [1.807, 2.05) is 12.1 Å². The SMILES string of the molecule is CS(=O)(=O)O[C@@H]1CC[N+](Cc2ccccc2)(Cc2ccccc2)C1. The van der Waals surface area contributed by atoms with Crippen molar-refractivity contribution < 1.29 is 17.1 Å². The lowest BCUT2D eigenvalue weighted by Gasteiger charge is -2.35. The van der Waals surface area contributed by atoms with Crippen LogP contribution in [0.25, 0.3) is 0 Å². The van der Waals surface area contributed by atoms with Crippen molar-refractivity contribution in [1.29, 1.82) is 0 Å². The van der Waals surface area contributed by atoms with Gasteiger partial charge in [-0.2, -0.15) is 8.42 Å². The fourth-order valence-electron chi connectivity index (χ4n) is 3.64. The molecule has 3 rings (SSSR count). The molecule has 0 aromatic heterocycles. The van der Waals surface area contributed by atoms with Gasteiger partial charge < -0.3 is 4.48 Å². The maximum Gasteiger partial charge on any atom is 0.264 e. The van der Waals surface area contributed by atoms with Gasteiger partial charge >= 0.3 is 0 Å². The highest BCUT2D eigenvalue weighted by atomic mass is 32.2. The van der Waals surface area contributed by atoms with Crippen LogP contribution in [0.2, 0.25) is 0 Å². The summed E-state index contributed by atoms with van der Waals surface area (Å²) >= 11 is 0. The van der Waals surface area contributed by atoms with E-state index in [4.69, 9.17) is 4.18 Å². The molecule has 1 aliphatic rings. The lowest BCUT2D eigenvalue weighted by Crippen LogP contribution is -2.45. The number of benzene rings is 2. The van der Waals surface area contributed by atoms with Crippen LogP contribution in [-0.4, -0.2) is 38.4 Å². The number of hydrogen-bond donors (Lipinski definition) is 0. The molecule has 0 N–H and O–H groups in total. The van der Waals surface area contributed by atoms with Crippen LogP contribution in [0.4, 0.5) is 0 Å². The molecule has 0 spiro atoms. The molecule has 0 radical (unpaired) electrons. The summed E-state index contributed by atoms with van der Waals surface area (Å²) in [5.74, 6) is 0. The van der Waals surface area contributed by atoms with E-state index >= 15 is 0 Å². The van der Waals surface area contributed by atoms with Gasteiger partial charge in [-0.25, -0.2) is 0 Å². The molecule has 24 heavy (non-hydrogen) atoms. The standard InChI is InChI=1S/C19H24NO3S/c1-24(21,22)23-19-12-13-20(16-19,14-17-8-4-2-5-9-17)15-18-10-6-3-7-11-18/h2-11,19H,12-16H2,1H3/q+1/t19-/m1/s1. The average molecular weight is 346 g/mol. The first kappa shape index (κ1) is 17.1. The van der Waals surface area contributed by atoms with Crippen molar-refractivity contribution >= 4 is 10.1 Å². The van der Waals surface area contributed by atoms with Gasteiger partial charge in [0.1, 0.15) is 25.7 Å². The molecule has 2 aromatic rings. The van der Waals surface area contributed by atoms with Gasteiger partial charge in [-0.1, -0.05) is 60.7 Å². The van der Waals surface area contributed by atoms with Gasteiger partial charge in [0.05, 0.1) is 12.8 Å². The van der Waals surface area contributed by atoms with Crippen molar-refractivity contribution in [3.05, 3.63) is 71.8 Å². The van der Waals surface area contributed by atoms with E-state index < -0.39 is 10.1 Å². The van der Waals surface area contributed by atoms with Gasteiger partial charge in [-0.15, -0.1) is 0 Å². The summed E-state index contributed by atoms with van der Waals surface area (Å²) in [6, 6.07) is 20.8. The van der Waals surface area contributed by atoms with Crippen molar-refractivity contribution in [2.45, 2.75) is 25.6 Å². The first-order valence-electron chi connectivity index (χ1n) is 8.25. The molecule has 2 aromatic carbocycles. The van der Waals surface area contributed by atoms with E-state index in [2.05, 4.69) is 48.5 Å². The highest BCUT2D eigenvalue weighted by molar-refractivity contribution is 7.86. The van der Waals surface area contributed by atoms with Crippen molar-refractivity contribution in [2.24, 2.45) is 0 Å². The van der Waals surface area contributed by atoms with Gasteiger partial charge in [-0.3, -0.25) is 4.18 Å². The zero-order chi connectivity index (χ0) is 17.0. The number of nitrogens with zero attached hydrogens (tertiary/aromatic N) is 1. The van der Waals surface area contributed by atoms with Gasteiger partial charge in [0, 0.05) is 17.5 Å². The fourth-order valence-corrected chi connectivity index (χ4v) is 4.29. The molecule has 1 heterocycles. The minimum Gasteiger partial charge on any atom is -0.314 e. The van der Waals surface area contributed by atoms with E-state index in [0.29, 0.717) is 0 Å². The number of likely N-dealkylation sites (tertiary alicyclic amines) is 1. The Morgan fingerprint density at radius 3 is 1.92 bits per heavy atom. The summed E-state index contributed by atoms with van der Waals surface area (Å²) < 4.78 is 29.1. The van der Waals surface area contributed by atoms with Crippen LogP contribution in [0.5, 0.6) is 0 Å². The van der Waals surface area contributed by atoms with Crippen molar-refractivity contribution in [3.8, 4) is 0 Å². The van der Waals surface area contributed by atoms with Crippen molar-refractivity contribution in [3.63, 3.8) is 0 Å². The molecule has 128 valence electrons. The molecule has 5 heteroatoms. The molecule has 4 nitrogen and oxygen atoms in total. The monoisotopic (exact) mass is 346 g/mol. The smallest absolute Gasteiger partial charge is 0.264 e. The summed E-state index contributed by atoms with van der Waals surface area (Å²) in [6.45, 7) is 3.42. The molecule has 1 atom stereocenters. The second kappa shape index (κ2) is 7.05. The van der Waals surface area contributed by atoms with Gasteiger partial charge in [0.25, 0.3) is 10.1 Å². The van der Waals surface area contributed by atoms with Gasteiger partial charge in [-0.05, 0) is 0 Å². The van der Waals surface area contributed by atoms with E-state index in [9.17, 15) is 8.42 Å². The summed E-state index contributed by atoms with van der Waals surface area (Å²) in [4.78, 5) is 0. The maximum absolute atomic E-state index is 11.5. The van der Waals surface area contributed by atoms with Gasteiger partial charge in [0.2, 0.25) is 0 Å². The highest BCUT2D eigenvalue weighted by Crippen LogP contribution is 2.29. The molecular formula is C19H24NO3S+. The molecule has 0 amide bonds. The van der Waals surface area contributed by atoms with Crippen LogP contribution in [0, 0.1) is 0 Å². The Morgan fingerprint density at radius 1 is 0.958 bits per heavy atom. The third kappa shape index (κ3) is 4.66. The van der Waals surface area contributed by atoms with Gasteiger partial charge in [0.15, 0.2) is 0 Å². The summed E-state index contributed by atoms with van der Waals surface area (Å²) in [7, 11) is -3.41. The third-order valence-corrected chi connectivity index (χ3v) is 5.17. The second-order valence-electron chi connectivity index (χ2n) is 6.75. The molecule has 0 bridgehead atoms. The zero-order valence-electron chi connectivity index (χ0n) is 14.0. The van der Waals surface area contributed by atoms with Crippen molar-refractivity contribution in [1.82, 2.24) is 0 Å². The van der Waals surface area contributed by atoms with E-state index in [-0.39, 0.29) is 6.10 Å². The normalized spacial score (nSPS) is 20.1. The predicted octanol–water partition coefficient (Wildman–Crippen LogP) is 2.95. The zero-order valence-corrected chi connectivity index (χ0v) is 14.8. The molecule has 0 unspecified atom stereocenters. The average Bonchev–Trinajstić information content (AvgIpc) is 2.89. The molecule has 0 saturated carbocycles. The van der Waals surface area contributed by atoms with Crippen LogP contribution >= 0.6 is 0 Å². The van der Waals surface area contributed by atoms with Crippen LogP contribution in [0.3, 0.4) is 0 Å². The molecular weight excluding hydrogens is 322 g/mol. The fraction of sp³-hybridized carbons (Fsp3) is 0.368. The Balaban J connectivity index is 1.82. The minimum absolute atomic E-state index is 0.229. The molecule has 1 aliphatic heterocycles. The Kier molecular flexibility index (Phi) is 5.04. The number of hydrogen-bond acceptors (Lipinski definition) is 3. The summed E-state index contributed by atoms with van der Waals surface area (Å²) in [6.07, 6.45) is 1.67. The summed E-state index contributed by atoms with van der Waals surface area (Å²) in [5.41, 5.74) is 2.54. The van der Waals surface area contributed by atoms with Crippen molar-refractivity contribution in [2.75, 3.05) is 19.3 Å². The van der Waals surface area contributed by atoms with E-state index in [0.717, 1.165) is 43.3 Å². The topological polar surface area (TPSA) is 43.4 Å². The van der Waals surface area contributed by atoms with E-state index in [1.165, 1.54) is 11.1 Å². The van der Waals surface area contributed by atoms with Crippen LogP contribution in [0.1, 0.15) is 17.5 Å². The lowest BCUT2D eigenvalue weighted by molar-refractivity contribution is -0.943. The molecule has 1 fully saturated rings. The van der Waals surface area contributed by atoms with Crippen LogP contribution < -0.4 is 0 Å². The number of rotatable bonds is 6. The van der Waals surface area contributed by atoms with E-state index in [1.54, 1.807) is 0 Å². The first-order chi connectivity index (χ1) is 11.4. The molecule has 0 aliphatic carbocycles. The van der Waals surface area contributed by atoms with Crippen LogP contribution in [0.15, 0.2) is 60.7 Å². The Morgan fingerprint density at radius 2 is 1.46 bits per heavy atom. The Labute approximate surface area is 144 Å². The Bertz CT molecular complexity index is 718. The largest absolute Gasteiger partial charge is 0.314 e. The highest BCUT2D eigenvalue weighted by Gasteiger charge is 2.40. The lowest BCUT2D eigenvalue weighted by atomic mass is 10.1. The Hall–Kier alpha value is -1.69. The number of quaternary nitrogens is 1. The minimum atomic E-state index is -3.41. The predicted molar refractivity (Wildman–Crippen MR) is 94.6 cm³/mol. The quantitative estimate of drug-likeness (QED) is 0.597. The second-order valence-corrected chi connectivity index (χ2v) is 8.35. The first-order valence-corrected chi connectivity index (χ1v) is 10.1. The maximum atomic E-state index is 11.5. The summed E-state index contributed by atoms with van der Waals surface area (Å²) in [5, 5.41) is 0.